The van der Waals surface area contributed by atoms with Crippen LogP contribution in [0.15, 0.2) is 6.20 Å². The Morgan fingerprint density at radius 3 is 2.62 bits per heavy atom. The van der Waals surface area contributed by atoms with E-state index in [0.29, 0.717) is 16.4 Å². The zero-order valence-corrected chi connectivity index (χ0v) is 15.0. The first-order valence-corrected chi connectivity index (χ1v) is 7.86. The van der Waals surface area contributed by atoms with Crippen LogP contribution in [-0.4, -0.2) is 38.0 Å². The Hall–Kier alpha value is -2.35. The summed E-state index contributed by atoms with van der Waals surface area (Å²) in [4.78, 5) is 24.5. The van der Waals surface area contributed by atoms with Crippen LogP contribution in [0.1, 0.15) is 41.6 Å². The van der Waals surface area contributed by atoms with Gasteiger partial charge in [0.25, 0.3) is 0 Å². The zero-order valence-electron chi connectivity index (χ0n) is 14.3. The van der Waals surface area contributed by atoms with E-state index < -0.39 is 12.0 Å². The second-order valence-electron chi connectivity index (χ2n) is 5.35. The molecule has 0 saturated heterocycles. The Kier molecular flexibility index (Phi) is 5.28. The number of aryl methyl sites for hydroxylation is 2. The molecular weight excluding hydrogens is 334 g/mol. The molecule has 0 bridgehead atoms. The predicted octanol–water partition coefficient (Wildman–Crippen LogP) is 2.26. The number of rotatable bonds is 5. The highest BCUT2D eigenvalue weighted by Gasteiger charge is 2.24. The summed E-state index contributed by atoms with van der Waals surface area (Å²) < 4.78 is 7.93. The maximum atomic E-state index is 12.6. The average Bonchev–Trinajstić information content (AvgIpc) is 3.02. The van der Waals surface area contributed by atoms with E-state index >= 15 is 0 Å². The summed E-state index contributed by atoms with van der Waals surface area (Å²) in [6.45, 7) is 7.21. The van der Waals surface area contributed by atoms with Crippen LogP contribution in [0.5, 0.6) is 0 Å². The van der Waals surface area contributed by atoms with Gasteiger partial charge in [-0.3, -0.25) is 14.2 Å². The van der Waals surface area contributed by atoms with Crippen LogP contribution >= 0.6 is 11.6 Å². The molecule has 2 aromatic rings. The van der Waals surface area contributed by atoms with Gasteiger partial charge in [0, 0.05) is 7.05 Å². The molecule has 1 unspecified atom stereocenters. The fourth-order valence-corrected chi connectivity index (χ4v) is 2.42. The van der Waals surface area contributed by atoms with Crippen LogP contribution in [0.4, 0.5) is 5.82 Å². The second-order valence-corrected chi connectivity index (χ2v) is 5.72. The Morgan fingerprint density at radius 2 is 2.08 bits per heavy atom. The molecule has 2 rings (SSSR count). The highest BCUT2D eigenvalue weighted by atomic mass is 35.5. The summed E-state index contributed by atoms with van der Waals surface area (Å²) in [7, 11) is 1.63. The van der Waals surface area contributed by atoms with Gasteiger partial charge in [0.1, 0.15) is 17.4 Å². The van der Waals surface area contributed by atoms with Crippen molar-refractivity contribution in [3.05, 3.63) is 28.2 Å². The molecule has 0 aliphatic rings. The predicted molar refractivity (Wildman–Crippen MR) is 89.2 cm³/mol. The number of esters is 1. The third-order valence-corrected chi connectivity index (χ3v) is 4.21. The van der Waals surface area contributed by atoms with Crippen LogP contribution in [-0.2, 0) is 16.6 Å². The molecule has 0 aliphatic heterocycles. The van der Waals surface area contributed by atoms with Gasteiger partial charge >= 0.3 is 5.97 Å². The highest BCUT2D eigenvalue weighted by Crippen LogP contribution is 2.23. The molecule has 1 atom stereocenters. The fraction of sp³-hybridized carbons (Fsp3) is 0.467. The summed E-state index contributed by atoms with van der Waals surface area (Å²) in [5, 5.41) is 11.5. The molecule has 0 spiro atoms. The lowest BCUT2D eigenvalue weighted by molar-refractivity contribution is -0.119. The second kappa shape index (κ2) is 7.04. The molecule has 0 aliphatic carbocycles. The molecule has 9 heteroatoms. The molecule has 0 saturated carbocycles. The van der Waals surface area contributed by atoms with Crippen molar-refractivity contribution in [3.63, 3.8) is 0 Å². The summed E-state index contributed by atoms with van der Waals surface area (Å²) >= 11 is 6.13. The minimum absolute atomic E-state index is 0.200. The van der Waals surface area contributed by atoms with Crippen LogP contribution in [0.2, 0.25) is 5.02 Å². The lowest BCUT2D eigenvalue weighted by Gasteiger charge is -2.15. The molecular formula is C15H20ClN5O3. The normalized spacial score (nSPS) is 12.1. The van der Waals surface area contributed by atoms with Gasteiger partial charge in [-0.05, 0) is 27.7 Å². The minimum Gasteiger partial charge on any atom is -0.462 e. The molecule has 0 aromatic carbocycles. The van der Waals surface area contributed by atoms with Crippen molar-refractivity contribution in [2.75, 3.05) is 11.9 Å². The number of carbonyl (C=O) groups is 2. The number of anilines is 1. The SMILES string of the molecule is CCOC(=O)c1cnn(C)c1NC(=O)C(C)n1nc(C)c(Cl)c1C. The molecule has 2 aromatic heterocycles. The van der Waals surface area contributed by atoms with E-state index in [4.69, 9.17) is 16.3 Å². The van der Waals surface area contributed by atoms with E-state index in [-0.39, 0.29) is 23.9 Å². The largest absolute Gasteiger partial charge is 0.462 e. The molecule has 1 N–H and O–H groups in total. The zero-order chi connectivity index (χ0) is 18.0. The summed E-state index contributed by atoms with van der Waals surface area (Å²) in [5.41, 5.74) is 1.56. The standard InChI is InChI=1S/C15H20ClN5O3/c1-6-24-15(23)11-7-17-20(5)13(11)18-14(22)10(4)21-9(3)12(16)8(2)19-21/h7,10H,6H2,1-5H3,(H,18,22). The number of aromatic nitrogens is 4. The number of hydrogen-bond donors (Lipinski definition) is 1. The van der Waals surface area contributed by atoms with Gasteiger partial charge in [-0.15, -0.1) is 0 Å². The van der Waals surface area contributed by atoms with Crippen LogP contribution in [0, 0.1) is 13.8 Å². The van der Waals surface area contributed by atoms with E-state index in [0.717, 1.165) is 0 Å². The number of ether oxygens (including phenoxy) is 1. The smallest absolute Gasteiger partial charge is 0.343 e. The summed E-state index contributed by atoms with van der Waals surface area (Å²) in [6, 6.07) is -0.610. The van der Waals surface area contributed by atoms with Crippen molar-refractivity contribution < 1.29 is 14.3 Å². The minimum atomic E-state index is -0.610. The molecule has 24 heavy (non-hydrogen) atoms. The lowest BCUT2D eigenvalue weighted by Crippen LogP contribution is -2.27. The molecule has 0 radical (unpaired) electrons. The molecule has 0 fully saturated rings. The van der Waals surface area contributed by atoms with E-state index in [1.54, 1.807) is 39.4 Å². The Bertz CT molecular complexity index is 780. The Morgan fingerprint density at radius 1 is 1.42 bits per heavy atom. The van der Waals surface area contributed by atoms with Gasteiger partial charge in [-0.25, -0.2) is 4.79 Å². The van der Waals surface area contributed by atoms with Crippen molar-refractivity contribution in [3.8, 4) is 0 Å². The van der Waals surface area contributed by atoms with E-state index in [9.17, 15) is 9.59 Å². The Labute approximate surface area is 144 Å². The number of carbonyl (C=O) groups excluding carboxylic acids is 2. The number of nitrogens with one attached hydrogen (secondary N) is 1. The summed E-state index contributed by atoms with van der Waals surface area (Å²) in [6.07, 6.45) is 1.36. The molecule has 8 nitrogen and oxygen atoms in total. The van der Waals surface area contributed by atoms with Crippen molar-refractivity contribution in [1.82, 2.24) is 19.6 Å². The first kappa shape index (κ1) is 18.0. The van der Waals surface area contributed by atoms with Crippen LogP contribution < -0.4 is 5.32 Å². The van der Waals surface area contributed by atoms with Crippen molar-refractivity contribution >= 4 is 29.3 Å². The quantitative estimate of drug-likeness (QED) is 0.832. The number of nitrogens with zero attached hydrogens (tertiary/aromatic N) is 4. The fourth-order valence-electron chi connectivity index (χ4n) is 2.30. The van der Waals surface area contributed by atoms with E-state index in [1.165, 1.54) is 10.9 Å². The maximum Gasteiger partial charge on any atom is 0.343 e. The number of amides is 1. The monoisotopic (exact) mass is 353 g/mol. The van der Waals surface area contributed by atoms with Crippen LogP contribution in [0.25, 0.3) is 0 Å². The van der Waals surface area contributed by atoms with Gasteiger partial charge in [0.05, 0.1) is 29.2 Å². The topological polar surface area (TPSA) is 91.0 Å². The van der Waals surface area contributed by atoms with Gasteiger partial charge < -0.3 is 10.1 Å². The highest BCUT2D eigenvalue weighted by molar-refractivity contribution is 6.31. The lowest BCUT2D eigenvalue weighted by atomic mass is 10.2. The third-order valence-electron chi connectivity index (χ3n) is 3.66. The molecule has 2 heterocycles. The van der Waals surface area contributed by atoms with Gasteiger partial charge in [-0.1, -0.05) is 11.6 Å². The van der Waals surface area contributed by atoms with Gasteiger partial charge in [0.2, 0.25) is 5.91 Å². The summed E-state index contributed by atoms with van der Waals surface area (Å²) in [5.74, 6) is -0.605. The van der Waals surface area contributed by atoms with Gasteiger partial charge in [0.15, 0.2) is 0 Å². The van der Waals surface area contributed by atoms with E-state index in [1.807, 2.05) is 0 Å². The van der Waals surface area contributed by atoms with Crippen molar-refractivity contribution in [2.24, 2.45) is 7.05 Å². The molecule has 130 valence electrons. The number of halogens is 1. The van der Waals surface area contributed by atoms with Crippen molar-refractivity contribution in [1.29, 1.82) is 0 Å². The van der Waals surface area contributed by atoms with E-state index in [2.05, 4.69) is 15.5 Å². The third kappa shape index (κ3) is 3.28. The maximum absolute atomic E-state index is 12.6. The van der Waals surface area contributed by atoms with Gasteiger partial charge in [-0.2, -0.15) is 10.2 Å². The van der Waals surface area contributed by atoms with Crippen LogP contribution in [0.3, 0.4) is 0 Å². The van der Waals surface area contributed by atoms with Crippen molar-refractivity contribution in [2.45, 2.75) is 33.7 Å². The average molecular weight is 354 g/mol. The number of hydrogen-bond acceptors (Lipinski definition) is 5. The molecule has 1 amide bonds. The Balaban J connectivity index is 2.25. The first-order chi connectivity index (χ1) is 11.3. The first-order valence-electron chi connectivity index (χ1n) is 7.49.